The first-order chi connectivity index (χ1) is 10.6. The van der Waals surface area contributed by atoms with Crippen LogP contribution in [0.3, 0.4) is 0 Å². The van der Waals surface area contributed by atoms with Crippen LogP contribution in [0.25, 0.3) is 0 Å². The fraction of sp³-hybridized carbons (Fsp3) is 0.353. The monoisotopic (exact) mass is 322 g/mol. The van der Waals surface area contributed by atoms with Gasteiger partial charge in [0.15, 0.2) is 0 Å². The third-order valence-electron chi connectivity index (χ3n) is 4.30. The standard InChI is InChI=1S/C17H17ClF2N2/c1-2-3-8-17(16(19)20)12-5-4-9-21-15(12)22-14-7-6-11(18)10-13(14)17/h4-7,9-10,16H,2-3,8H2,1H3,(H,21,22). The molecule has 2 aromatic rings. The number of hydrogen-bond donors (Lipinski definition) is 1. The minimum atomic E-state index is -2.53. The first kappa shape index (κ1) is 15.2. The molecule has 2 heterocycles. The van der Waals surface area contributed by atoms with E-state index in [0.29, 0.717) is 40.5 Å². The minimum Gasteiger partial charge on any atom is -0.340 e. The molecule has 1 aromatic carbocycles. The molecular weight excluding hydrogens is 306 g/mol. The van der Waals surface area contributed by atoms with E-state index in [9.17, 15) is 8.78 Å². The highest BCUT2D eigenvalue weighted by Crippen LogP contribution is 2.51. The maximum atomic E-state index is 14.3. The summed E-state index contributed by atoms with van der Waals surface area (Å²) in [5, 5.41) is 3.62. The molecule has 0 aliphatic carbocycles. The number of alkyl halides is 2. The number of anilines is 2. The molecule has 0 saturated heterocycles. The van der Waals surface area contributed by atoms with Crippen molar-refractivity contribution in [2.24, 2.45) is 0 Å². The van der Waals surface area contributed by atoms with Crippen LogP contribution >= 0.6 is 11.6 Å². The van der Waals surface area contributed by atoms with Gasteiger partial charge in [0, 0.05) is 22.5 Å². The highest BCUT2D eigenvalue weighted by molar-refractivity contribution is 6.30. The van der Waals surface area contributed by atoms with Gasteiger partial charge in [0.05, 0.1) is 5.41 Å². The number of nitrogens with zero attached hydrogens (tertiary/aromatic N) is 1. The molecule has 0 bridgehead atoms. The summed E-state index contributed by atoms with van der Waals surface area (Å²) in [6.07, 6.45) is 1.02. The molecule has 1 N–H and O–H groups in total. The van der Waals surface area contributed by atoms with E-state index in [1.54, 1.807) is 36.5 Å². The highest BCUT2D eigenvalue weighted by Gasteiger charge is 2.48. The summed E-state index contributed by atoms with van der Waals surface area (Å²) in [6, 6.07) is 8.55. The van der Waals surface area contributed by atoms with E-state index in [0.717, 1.165) is 6.42 Å². The topological polar surface area (TPSA) is 24.9 Å². The summed E-state index contributed by atoms with van der Waals surface area (Å²) in [5.41, 5.74) is 0.412. The van der Waals surface area contributed by atoms with Crippen LogP contribution in [0.2, 0.25) is 5.02 Å². The van der Waals surface area contributed by atoms with Crippen LogP contribution in [0.5, 0.6) is 0 Å². The molecule has 0 radical (unpaired) electrons. The number of fused-ring (bicyclic) bond motifs is 2. The van der Waals surface area contributed by atoms with E-state index in [4.69, 9.17) is 11.6 Å². The van der Waals surface area contributed by atoms with E-state index >= 15 is 0 Å². The summed E-state index contributed by atoms with van der Waals surface area (Å²) in [6.45, 7) is 2.00. The van der Waals surface area contributed by atoms with E-state index < -0.39 is 11.8 Å². The van der Waals surface area contributed by atoms with Crippen molar-refractivity contribution in [1.82, 2.24) is 4.98 Å². The first-order valence-electron chi connectivity index (χ1n) is 7.40. The zero-order valence-corrected chi connectivity index (χ0v) is 13.0. The van der Waals surface area contributed by atoms with Gasteiger partial charge in [-0.05, 0) is 36.2 Å². The molecule has 5 heteroatoms. The van der Waals surface area contributed by atoms with Gasteiger partial charge in [-0.2, -0.15) is 0 Å². The fourth-order valence-electron chi connectivity index (χ4n) is 3.20. The van der Waals surface area contributed by atoms with Crippen molar-refractivity contribution >= 4 is 23.1 Å². The van der Waals surface area contributed by atoms with Crippen LogP contribution in [0.15, 0.2) is 36.5 Å². The molecular formula is C17H17ClF2N2. The summed E-state index contributed by atoms with van der Waals surface area (Å²) >= 11 is 6.08. The molecule has 0 fully saturated rings. The van der Waals surface area contributed by atoms with Gasteiger partial charge in [-0.1, -0.05) is 37.4 Å². The Morgan fingerprint density at radius 2 is 2.09 bits per heavy atom. The Morgan fingerprint density at radius 3 is 2.82 bits per heavy atom. The number of nitrogens with one attached hydrogen (secondary N) is 1. The Morgan fingerprint density at radius 1 is 1.27 bits per heavy atom. The highest BCUT2D eigenvalue weighted by atomic mass is 35.5. The lowest BCUT2D eigenvalue weighted by Crippen LogP contribution is -2.39. The van der Waals surface area contributed by atoms with Crippen molar-refractivity contribution in [1.29, 1.82) is 0 Å². The van der Waals surface area contributed by atoms with Crippen LogP contribution < -0.4 is 5.32 Å². The second-order valence-corrected chi connectivity index (χ2v) is 6.03. The molecule has 1 aliphatic heterocycles. The fourth-order valence-corrected chi connectivity index (χ4v) is 3.37. The largest absolute Gasteiger partial charge is 0.340 e. The Hall–Kier alpha value is -1.68. The molecule has 1 aromatic heterocycles. The summed E-state index contributed by atoms with van der Waals surface area (Å²) < 4.78 is 28.6. The lowest BCUT2D eigenvalue weighted by Gasteiger charge is -2.40. The average molecular weight is 323 g/mol. The second kappa shape index (κ2) is 5.84. The van der Waals surface area contributed by atoms with Crippen LogP contribution in [-0.4, -0.2) is 11.4 Å². The zero-order chi connectivity index (χ0) is 15.7. The first-order valence-corrected chi connectivity index (χ1v) is 7.78. The van der Waals surface area contributed by atoms with E-state index in [-0.39, 0.29) is 0 Å². The van der Waals surface area contributed by atoms with Gasteiger partial charge >= 0.3 is 0 Å². The Balaban J connectivity index is 2.28. The molecule has 22 heavy (non-hydrogen) atoms. The number of halogens is 3. The third kappa shape index (κ3) is 2.26. The van der Waals surface area contributed by atoms with Gasteiger partial charge in [0.2, 0.25) is 0 Å². The molecule has 0 spiro atoms. The lowest BCUT2D eigenvalue weighted by atomic mass is 9.69. The molecule has 0 saturated carbocycles. The molecule has 2 nitrogen and oxygen atoms in total. The minimum absolute atomic E-state index is 0.370. The number of rotatable bonds is 4. The third-order valence-corrected chi connectivity index (χ3v) is 4.54. The lowest BCUT2D eigenvalue weighted by molar-refractivity contribution is 0.0646. The van der Waals surface area contributed by atoms with Gasteiger partial charge in [-0.15, -0.1) is 0 Å². The summed E-state index contributed by atoms with van der Waals surface area (Å²) in [4.78, 5) is 4.25. The molecule has 1 atom stereocenters. The summed E-state index contributed by atoms with van der Waals surface area (Å²) in [5.74, 6) is 0.508. The summed E-state index contributed by atoms with van der Waals surface area (Å²) in [7, 11) is 0. The number of pyridine rings is 1. The van der Waals surface area contributed by atoms with Crippen LogP contribution in [0, 0.1) is 0 Å². The predicted octanol–water partition coefficient (Wildman–Crippen LogP) is 5.53. The Kier molecular flexibility index (Phi) is 4.04. The van der Waals surface area contributed by atoms with Gasteiger partial charge in [-0.25, -0.2) is 13.8 Å². The molecule has 3 rings (SSSR count). The van der Waals surface area contributed by atoms with Gasteiger partial charge < -0.3 is 5.32 Å². The van der Waals surface area contributed by atoms with Crippen molar-refractivity contribution in [3.05, 3.63) is 52.7 Å². The van der Waals surface area contributed by atoms with Crippen molar-refractivity contribution < 1.29 is 8.78 Å². The Labute approximate surface area is 133 Å². The smallest absolute Gasteiger partial charge is 0.252 e. The van der Waals surface area contributed by atoms with Crippen molar-refractivity contribution in [2.75, 3.05) is 5.32 Å². The molecule has 0 amide bonds. The van der Waals surface area contributed by atoms with Crippen LogP contribution in [-0.2, 0) is 5.41 Å². The quantitative estimate of drug-likeness (QED) is 0.800. The number of unbranched alkanes of at least 4 members (excludes halogenated alkanes) is 1. The molecule has 116 valence electrons. The second-order valence-electron chi connectivity index (χ2n) is 5.59. The molecule has 1 aliphatic rings. The van der Waals surface area contributed by atoms with Crippen LogP contribution in [0.1, 0.15) is 37.3 Å². The van der Waals surface area contributed by atoms with Crippen molar-refractivity contribution in [3.8, 4) is 0 Å². The normalized spacial score (nSPS) is 19.5. The van der Waals surface area contributed by atoms with Crippen molar-refractivity contribution in [2.45, 2.75) is 38.0 Å². The van der Waals surface area contributed by atoms with Gasteiger partial charge in [0.1, 0.15) is 5.82 Å². The van der Waals surface area contributed by atoms with Gasteiger partial charge in [0.25, 0.3) is 6.43 Å². The van der Waals surface area contributed by atoms with Crippen LogP contribution in [0.4, 0.5) is 20.3 Å². The molecule has 1 unspecified atom stereocenters. The number of hydrogen-bond acceptors (Lipinski definition) is 2. The van der Waals surface area contributed by atoms with Gasteiger partial charge in [-0.3, -0.25) is 0 Å². The number of aromatic nitrogens is 1. The number of benzene rings is 1. The Bertz CT molecular complexity index is 690. The van der Waals surface area contributed by atoms with E-state index in [1.807, 2.05) is 6.92 Å². The van der Waals surface area contributed by atoms with E-state index in [1.165, 1.54) is 0 Å². The zero-order valence-electron chi connectivity index (χ0n) is 12.2. The maximum Gasteiger partial charge on any atom is 0.252 e. The maximum absolute atomic E-state index is 14.3. The van der Waals surface area contributed by atoms with Crippen molar-refractivity contribution in [3.63, 3.8) is 0 Å². The predicted molar refractivity (Wildman–Crippen MR) is 85.3 cm³/mol. The average Bonchev–Trinajstić information content (AvgIpc) is 2.51. The SMILES string of the molecule is CCCCC1(C(F)F)c2cc(Cl)ccc2Nc2ncccc21. The van der Waals surface area contributed by atoms with E-state index in [2.05, 4.69) is 10.3 Å².